The van der Waals surface area contributed by atoms with Crippen molar-refractivity contribution in [1.82, 2.24) is 0 Å². The van der Waals surface area contributed by atoms with Crippen LogP contribution >= 0.6 is 0 Å². The minimum absolute atomic E-state index is 0.0389. The van der Waals surface area contributed by atoms with Gasteiger partial charge in [-0.05, 0) is 24.8 Å². The zero-order valence-corrected chi connectivity index (χ0v) is 16.3. The molecule has 0 bridgehead atoms. The van der Waals surface area contributed by atoms with E-state index in [0.717, 1.165) is 19.3 Å². The monoisotopic (exact) mass is 346 g/mol. The molecule has 0 amide bonds. The predicted octanol–water partition coefficient (Wildman–Crippen LogP) is 6.86. The quantitative estimate of drug-likeness (QED) is 0.241. The van der Waals surface area contributed by atoms with E-state index in [9.17, 15) is 4.79 Å². The van der Waals surface area contributed by atoms with E-state index in [0.29, 0.717) is 13.0 Å². The maximum Gasteiger partial charge on any atom is 0.305 e. The summed E-state index contributed by atoms with van der Waals surface area (Å²) in [5.41, 5.74) is 1.29. The van der Waals surface area contributed by atoms with Crippen molar-refractivity contribution in [3.8, 4) is 0 Å². The number of benzene rings is 1. The van der Waals surface area contributed by atoms with E-state index in [2.05, 4.69) is 19.1 Å². The second-order valence-corrected chi connectivity index (χ2v) is 7.10. The van der Waals surface area contributed by atoms with Crippen molar-refractivity contribution >= 4 is 5.97 Å². The smallest absolute Gasteiger partial charge is 0.305 e. The van der Waals surface area contributed by atoms with Gasteiger partial charge in [-0.3, -0.25) is 4.79 Å². The Bertz CT molecular complexity index is 413. The first-order valence-corrected chi connectivity index (χ1v) is 10.5. The first kappa shape index (κ1) is 21.7. The molecule has 0 fully saturated rings. The fraction of sp³-hybridized carbons (Fsp3) is 0.696. The molecule has 2 heteroatoms. The van der Waals surface area contributed by atoms with Crippen LogP contribution in [0.3, 0.4) is 0 Å². The van der Waals surface area contributed by atoms with Crippen LogP contribution in [-0.2, 0) is 16.0 Å². The van der Waals surface area contributed by atoms with Gasteiger partial charge in [0.25, 0.3) is 0 Å². The molecule has 0 saturated carbocycles. The maximum absolute atomic E-state index is 11.7. The van der Waals surface area contributed by atoms with Crippen LogP contribution in [0.2, 0.25) is 0 Å². The summed E-state index contributed by atoms with van der Waals surface area (Å²) in [7, 11) is 0. The van der Waals surface area contributed by atoms with Crippen LogP contribution in [0.25, 0.3) is 0 Å². The van der Waals surface area contributed by atoms with Crippen molar-refractivity contribution in [1.29, 1.82) is 0 Å². The lowest BCUT2D eigenvalue weighted by molar-refractivity contribution is -0.143. The summed E-state index contributed by atoms with van der Waals surface area (Å²) in [6.45, 7) is 2.86. The average molecular weight is 347 g/mol. The van der Waals surface area contributed by atoms with E-state index in [1.165, 1.54) is 69.8 Å². The van der Waals surface area contributed by atoms with Crippen molar-refractivity contribution in [2.45, 2.75) is 96.8 Å². The van der Waals surface area contributed by atoms with Crippen molar-refractivity contribution < 1.29 is 9.53 Å². The molecule has 0 aromatic heterocycles. The molecular formula is C23H38O2. The van der Waals surface area contributed by atoms with Crippen molar-refractivity contribution in [3.63, 3.8) is 0 Å². The van der Waals surface area contributed by atoms with Crippen molar-refractivity contribution in [2.75, 3.05) is 6.61 Å². The summed E-state index contributed by atoms with van der Waals surface area (Å²) < 4.78 is 5.32. The molecule has 0 radical (unpaired) electrons. The Balaban J connectivity index is 1.81. The largest absolute Gasteiger partial charge is 0.466 e. The number of hydrogen-bond acceptors (Lipinski definition) is 2. The van der Waals surface area contributed by atoms with Gasteiger partial charge in [0.2, 0.25) is 0 Å². The third kappa shape index (κ3) is 13.6. The standard InChI is InChI=1S/C23H38O2/c1-2-3-4-5-6-7-8-9-10-11-15-21-25-23(24)20-16-19-22-17-13-12-14-18-22/h12-14,17-18H,2-11,15-16,19-21H2,1H3. The topological polar surface area (TPSA) is 26.3 Å². The summed E-state index contributed by atoms with van der Waals surface area (Å²) in [5.74, 6) is -0.0389. The number of aryl methyl sites for hydroxylation is 1. The normalized spacial score (nSPS) is 10.8. The van der Waals surface area contributed by atoms with E-state index in [4.69, 9.17) is 4.74 Å². The van der Waals surface area contributed by atoms with Crippen molar-refractivity contribution in [2.24, 2.45) is 0 Å². The molecule has 0 unspecified atom stereocenters. The Morgan fingerprint density at radius 1 is 0.760 bits per heavy atom. The number of esters is 1. The summed E-state index contributed by atoms with van der Waals surface area (Å²) in [6, 6.07) is 10.3. The highest BCUT2D eigenvalue weighted by molar-refractivity contribution is 5.69. The summed E-state index contributed by atoms with van der Waals surface area (Å²) >= 11 is 0. The Labute approximate surface area is 155 Å². The Kier molecular flexibility index (Phi) is 14.1. The molecule has 0 saturated heterocycles. The highest BCUT2D eigenvalue weighted by atomic mass is 16.5. The summed E-state index contributed by atoms with van der Waals surface area (Å²) in [4.78, 5) is 11.7. The average Bonchev–Trinajstić information content (AvgIpc) is 2.63. The van der Waals surface area contributed by atoms with E-state index in [-0.39, 0.29) is 5.97 Å². The van der Waals surface area contributed by atoms with Crippen LogP contribution in [0, 0.1) is 0 Å². The fourth-order valence-corrected chi connectivity index (χ4v) is 3.11. The van der Waals surface area contributed by atoms with Crippen LogP contribution in [-0.4, -0.2) is 12.6 Å². The lowest BCUT2D eigenvalue weighted by atomic mass is 10.1. The third-order valence-corrected chi connectivity index (χ3v) is 4.70. The molecule has 0 aliphatic heterocycles. The summed E-state index contributed by atoms with van der Waals surface area (Å²) in [6.07, 6.45) is 16.9. The van der Waals surface area contributed by atoms with Gasteiger partial charge < -0.3 is 4.74 Å². The van der Waals surface area contributed by atoms with Crippen LogP contribution in [0.15, 0.2) is 30.3 Å². The number of hydrogen-bond donors (Lipinski definition) is 0. The molecule has 2 nitrogen and oxygen atoms in total. The van der Waals surface area contributed by atoms with Gasteiger partial charge in [-0.1, -0.05) is 101 Å². The van der Waals surface area contributed by atoms with Gasteiger partial charge >= 0.3 is 5.97 Å². The number of rotatable bonds is 16. The van der Waals surface area contributed by atoms with Gasteiger partial charge in [0.15, 0.2) is 0 Å². The first-order valence-electron chi connectivity index (χ1n) is 10.5. The molecule has 0 atom stereocenters. The molecule has 1 aromatic carbocycles. The third-order valence-electron chi connectivity index (χ3n) is 4.70. The van der Waals surface area contributed by atoms with Crippen LogP contribution in [0.5, 0.6) is 0 Å². The second kappa shape index (κ2) is 16.2. The van der Waals surface area contributed by atoms with Gasteiger partial charge in [-0.15, -0.1) is 0 Å². The highest BCUT2D eigenvalue weighted by Gasteiger charge is 2.03. The number of ether oxygens (including phenoxy) is 1. The molecule has 142 valence electrons. The lowest BCUT2D eigenvalue weighted by Gasteiger charge is -2.05. The van der Waals surface area contributed by atoms with E-state index in [1.54, 1.807) is 0 Å². The van der Waals surface area contributed by atoms with Gasteiger partial charge in [-0.2, -0.15) is 0 Å². The molecule has 0 spiro atoms. The zero-order valence-electron chi connectivity index (χ0n) is 16.3. The number of unbranched alkanes of at least 4 members (excludes halogenated alkanes) is 10. The Morgan fingerprint density at radius 3 is 1.92 bits per heavy atom. The van der Waals surface area contributed by atoms with Crippen LogP contribution in [0.4, 0.5) is 0 Å². The molecule has 1 aromatic rings. The molecule has 0 aliphatic rings. The SMILES string of the molecule is CCCCCCCCCCCCCOC(=O)CCCc1ccccc1. The first-order chi connectivity index (χ1) is 12.3. The predicted molar refractivity (Wildman–Crippen MR) is 107 cm³/mol. The van der Waals surface area contributed by atoms with E-state index < -0.39 is 0 Å². The summed E-state index contributed by atoms with van der Waals surface area (Å²) in [5, 5.41) is 0. The molecule has 1 rings (SSSR count). The molecule has 0 heterocycles. The van der Waals surface area contributed by atoms with Gasteiger partial charge in [0, 0.05) is 6.42 Å². The Morgan fingerprint density at radius 2 is 1.32 bits per heavy atom. The van der Waals surface area contributed by atoms with Crippen LogP contribution in [0.1, 0.15) is 96.0 Å². The minimum atomic E-state index is -0.0389. The maximum atomic E-state index is 11.7. The molecule has 0 N–H and O–H groups in total. The van der Waals surface area contributed by atoms with Gasteiger partial charge in [-0.25, -0.2) is 0 Å². The Hall–Kier alpha value is -1.31. The van der Waals surface area contributed by atoms with E-state index >= 15 is 0 Å². The van der Waals surface area contributed by atoms with E-state index in [1.807, 2.05) is 18.2 Å². The second-order valence-electron chi connectivity index (χ2n) is 7.10. The van der Waals surface area contributed by atoms with Gasteiger partial charge in [0.05, 0.1) is 6.61 Å². The highest BCUT2D eigenvalue weighted by Crippen LogP contribution is 2.11. The lowest BCUT2D eigenvalue weighted by Crippen LogP contribution is -2.06. The van der Waals surface area contributed by atoms with Gasteiger partial charge in [0.1, 0.15) is 0 Å². The number of carbonyl (C=O) groups excluding carboxylic acids is 1. The molecule has 0 aliphatic carbocycles. The minimum Gasteiger partial charge on any atom is -0.466 e. The number of carbonyl (C=O) groups is 1. The molecular weight excluding hydrogens is 308 g/mol. The fourth-order valence-electron chi connectivity index (χ4n) is 3.11. The molecule has 25 heavy (non-hydrogen) atoms. The van der Waals surface area contributed by atoms with Crippen LogP contribution < -0.4 is 0 Å². The zero-order chi connectivity index (χ0) is 18.0. The van der Waals surface area contributed by atoms with Crippen molar-refractivity contribution in [3.05, 3.63) is 35.9 Å².